The normalized spacial score (nSPS) is 12.3. The summed E-state index contributed by atoms with van der Waals surface area (Å²) in [5.41, 5.74) is 1.55. The van der Waals surface area contributed by atoms with Gasteiger partial charge in [0.25, 0.3) is 11.4 Å². The highest BCUT2D eigenvalue weighted by Crippen LogP contribution is 2.20. The van der Waals surface area contributed by atoms with E-state index in [0.29, 0.717) is 5.56 Å². The molecule has 2 rings (SSSR count). The van der Waals surface area contributed by atoms with Crippen LogP contribution in [0.25, 0.3) is 0 Å². The summed E-state index contributed by atoms with van der Waals surface area (Å²) in [5.74, 6) is -0.347. The molecule has 2 unspecified atom stereocenters. The van der Waals surface area contributed by atoms with E-state index in [1.807, 2.05) is 6.92 Å². The summed E-state index contributed by atoms with van der Waals surface area (Å²) < 4.78 is 0. The van der Waals surface area contributed by atoms with Gasteiger partial charge in [-0.2, -0.15) is 0 Å². The van der Waals surface area contributed by atoms with Gasteiger partial charge in [0, 0.05) is 42.7 Å². The fourth-order valence-corrected chi connectivity index (χ4v) is 2.05. The summed E-state index contributed by atoms with van der Waals surface area (Å²) in [6, 6.07) is 12.4. The van der Waals surface area contributed by atoms with Gasteiger partial charge in [-0.25, -0.2) is 0 Å². The molecule has 2 aromatic carbocycles. The van der Waals surface area contributed by atoms with Gasteiger partial charge in [-0.1, -0.05) is 38.1 Å². The molecule has 0 radical (unpaired) electrons. The second kappa shape index (κ2) is 10.00. The third kappa shape index (κ3) is 6.06. The van der Waals surface area contributed by atoms with E-state index in [0.717, 1.165) is 11.8 Å². The number of aliphatic hydroxyl groups is 1. The first-order valence-corrected chi connectivity index (χ1v) is 7.85. The van der Waals surface area contributed by atoms with E-state index in [2.05, 4.69) is 0 Å². The van der Waals surface area contributed by atoms with Crippen molar-refractivity contribution in [1.29, 1.82) is 0 Å². The number of nitro groups is 2. The largest absolute Gasteiger partial charge is 0.396 e. The highest BCUT2D eigenvalue weighted by molar-refractivity contribution is 5.62. The first-order valence-electron chi connectivity index (χ1n) is 7.85. The average Bonchev–Trinajstić information content (AvgIpc) is 2.67. The van der Waals surface area contributed by atoms with Crippen LogP contribution in [-0.2, 0) is 4.79 Å². The Balaban J connectivity index is 0.000000260. The van der Waals surface area contributed by atoms with Crippen LogP contribution in [0.1, 0.15) is 36.8 Å². The zero-order chi connectivity index (χ0) is 19.7. The van der Waals surface area contributed by atoms with Gasteiger partial charge in [-0.3, -0.25) is 20.2 Å². The van der Waals surface area contributed by atoms with Crippen molar-refractivity contribution in [3.63, 3.8) is 0 Å². The van der Waals surface area contributed by atoms with Gasteiger partial charge >= 0.3 is 0 Å². The smallest absolute Gasteiger partial charge is 0.269 e. The van der Waals surface area contributed by atoms with E-state index in [4.69, 9.17) is 5.11 Å². The van der Waals surface area contributed by atoms with Gasteiger partial charge in [0.1, 0.15) is 6.29 Å². The van der Waals surface area contributed by atoms with E-state index in [1.54, 1.807) is 31.2 Å². The van der Waals surface area contributed by atoms with Crippen molar-refractivity contribution in [3.05, 3.63) is 79.9 Å². The van der Waals surface area contributed by atoms with Crippen LogP contribution in [0.2, 0.25) is 0 Å². The number of benzene rings is 2. The molecule has 138 valence electrons. The molecule has 2 aromatic rings. The van der Waals surface area contributed by atoms with Gasteiger partial charge in [-0.05, 0) is 11.1 Å². The summed E-state index contributed by atoms with van der Waals surface area (Å²) >= 11 is 0. The monoisotopic (exact) mass is 360 g/mol. The van der Waals surface area contributed by atoms with E-state index in [-0.39, 0.29) is 29.8 Å². The Kier molecular flexibility index (Phi) is 8.04. The zero-order valence-electron chi connectivity index (χ0n) is 14.4. The number of aliphatic hydroxyl groups excluding tert-OH is 1. The molecule has 0 aliphatic heterocycles. The fraction of sp³-hybridized carbons (Fsp3) is 0.278. The van der Waals surface area contributed by atoms with Crippen molar-refractivity contribution in [2.75, 3.05) is 6.61 Å². The van der Waals surface area contributed by atoms with Crippen LogP contribution in [0, 0.1) is 20.2 Å². The zero-order valence-corrected chi connectivity index (χ0v) is 14.4. The van der Waals surface area contributed by atoms with E-state index in [1.165, 1.54) is 24.3 Å². The van der Waals surface area contributed by atoms with E-state index >= 15 is 0 Å². The molecule has 0 bridgehead atoms. The molecule has 8 nitrogen and oxygen atoms in total. The fourth-order valence-electron chi connectivity index (χ4n) is 2.05. The summed E-state index contributed by atoms with van der Waals surface area (Å²) in [7, 11) is 0. The molecule has 0 aromatic heterocycles. The molecular formula is C18H20N2O6. The molecular weight excluding hydrogens is 340 g/mol. The molecule has 0 heterocycles. The second-order valence-electron chi connectivity index (χ2n) is 5.71. The number of nitrogens with zero attached hydrogens (tertiary/aromatic N) is 2. The van der Waals surface area contributed by atoms with Crippen molar-refractivity contribution in [2.45, 2.75) is 25.7 Å². The lowest BCUT2D eigenvalue weighted by molar-refractivity contribution is -0.385. The molecule has 0 spiro atoms. The van der Waals surface area contributed by atoms with Gasteiger partial charge in [0.2, 0.25) is 0 Å². The maximum Gasteiger partial charge on any atom is 0.269 e. The number of nitro benzene ring substituents is 2. The summed E-state index contributed by atoms with van der Waals surface area (Å²) in [4.78, 5) is 30.3. The van der Waals surface area contributed by atoms with Crippen LogP contribution in [0.3, 0.4) is 0 Å². The molecule has 2 atom stereocenters. The van der Waals surface area contributed by atoms with Crippen LogP contribution < -0.4 is 0 Å². The summed E-state index contributed by atoms with van der Waals surface area (Å²) in [6.07, 6.45) is 0.763. The Morgan fingerprint density at radius 1 is 0.962 bits per heavy atom. The van der Waals surface area contributed by atoms with Crippen molar-refractivity contribution >= 4 is 17.7 Å². The van der Waals surface area contributed by atoms with Gasteiger partial charge in [-0.15, -0.1) is 0 Å². The Morgan fingerprint density at radius 2 is 1.42 bits per heavy atom. The minimum absolute atomic E-state index is 0.00116. The summed E-state index contributed by atoms with van der Waals surface area (Å²) in [6.45, 7) is 3.52. The molecule has 0 amide bonds. The minimum atomic E-state index is -0.471. The maximum absolute atomic E-state index is 10.4. The number of carbonyl (C=O) groups excluding carboxylic acids is 1. The van der Waals surface area contributed by atoms with Crippen LogP contribution in [0.4, 0.5) is 11.4 Å². The van der Waals surface area contributed by atoms with E-state index < -0.39 is 9.85 Å². The van der Waals surface area contributed by atoms with Crippen molar-refractivity contribution in [1.82, 2.24) is 0 Å². The summed E-state index contributed by atoms with van der Waals surface area (Å²) in [5, 5.41) is 29.6. The number of hydrogen-bond acceptors (Lipinski definition) is 6. The molecule has 0 aliphatic rings. The highest BCUT2D eigenvalue weighted by Gasteiger charge is 2.10. The van der Waals surface area contributed by atoms with Crippen molar-refractivity contribution in [2.24, 2.45) is 0 Å². The topological polar surface area (TPSA) is 124 Å². The lowest BCUT2D eigenvalue weighted by atomic mass is 10.0. The number of rotatable bonds is 6. The molecule has 1 N–H and O–H groups in total. The minimum Gasteiger partial charge on any atom is -0.396 e. The number of hydrogen-bond donors (Lipinski definition) is 1. The van der Waals surface area contributed by atoms with Gasteiger partial charge in [0.05, 0.1) is 9.85 Å². The first-order chi connectivity index (χ1) is 12.3. The van der Waals surface area contributed by atoms with Crippen LogP contribution in [-0.4, -0.2) is 27.8 Å². The Hall–Kier alpha value is -3.13. The Morgan fingerprint density at radius 3 is 1.85 bits per heavy atom. The quantitative estimate of drug-likeness (QED) is 0.477. The third-order valence-corrected chi connectivity index (χ3v) is 3.73. The van der Waals surface area contributed by atoms with Gasteiger partial charge < -0.3 is 9.90 Å². The first kappa shape index (κ1) is 20.9. The van der Waals surface area contributed by atoms with E-state index in [9.17, 15) is 25.0 Å². The van der Waals surface area contributed by atoms with Crippen molar-refractivity contribution in [3.8, 4) is 0 Å². The average molecular weight is 360 g/mol. The molecule has 26 heavy (non-hydrogen) atoms. The SMILES string of the molecule is CC(C=O)c1cccc([N+](=O)[O-])c1.CC(CO)c1cccc([N+](=O)[O-])c1. The highest BCUT2D eigenvalue weighted by atomic mass is 16.6. The van der Waals surface area contributed by atoms with Crippen LogP contribution in [0.15, 0.2) is 48.5 Å². The van der Waals surface area contributed by atoms with Gasteiger partial charge in [0.15, 0.2) is 0 Å². The van der Waals surface area contributed by atoms with Crippen LogP contribution >= 0.6 is 0 Å². The molecule has 0 saturated heterocycles. The predicted molar refractivity (Wildman–Crippen MR) is 96.2 cm³/mol. The number of aldehydes is 1. The molecule has 0 fully saturated rings. The third-order valence-electron chi connectivity index (χ3n) is 3.73. The van der Waals surface area contributed by atoms with Crippen LogP contribution in [0.5, 0.6) is 0 Å². The molecule has 8 heteroatoms. The Bertz CT molecular complexity index is 778. The lowest BCUT2D eigenvalue weighted by Crippen LogP contribution is -1.99. The second-order valence-corrected chi connectivity index (χ2v) is 5.71. The molecule has 0 saturated carbocycles. The number of non-ortho nitro benzene ring substituents is 2. The maximum atomic E-state index is 10.4. The predicted octanol–water partition coefficient (Wildman–Crippen LogP) is 3.59. The molecule has 0 aliphatic carbocycles. The van der Waals surface area contributed by atoms with Crippen molar-refractivity contribution < 1.29 is 19.7 Å². The number of carbonyl (C=O) groups is 1. The standard InChI is InChI=1S/C9H11NO3.C9H9NO3/c2*1-7(6-11)8-3-2-4-9(5-8)10(12)13/h2-5,7,11H,6H2,1H3;2-7H,1H3. The lowest BCUT2D eigenvalue weighted by Gasteiger charge is -2.06. The Labute approximate surface area is 150 Å².